The molecule has 0 radical (unpaired) electrons. The third-order valence-corrected chi connectivity index (χ3v) is 5.01. The predicted octanol–water partition coefficient (Wildman–Crippen LogP) is 3.66. The van der Waals surface area contributed by atoms with Gasteiger partial charge in [0, 0.05) is 6.61 Å². The van der Waals surface area contributed by atoms with Crippen LogP contribution in [0.25, 0.3) is 0 Å². The van der Waals surface area contributed by atoms with Gasteiger partial charge in [-0.15, -0.1) is 0 Å². The minimum absolute atomic E-state index is 0.0768. The second-order valence-electron chi connectivity index (χ2n) is 7.25. The highest BCUT2D eigenvalue weighted by atomic mass is 16.7. The lowest BCUT2D eigenvalue weighted by atomic mass is 9.78. The maximum absolute atomic E-state index is 9.38. The lowest BCUT2D eigenvalue weighted by Gasteiger charge is -2.32. The van der Waals surface area contributed by atoms with Crippen molar-refractivity contribution < 1.29 is 14.4 Å². The van der Waals surface area contributed by atoms with E-state index in [4.69, 9.17) is 9.31 Å². The summed E-state index contributed by atoms with van der Waals surface area (Å²) in [6.45, 7) is 12.9. The maximum atomic E-state index is 9.38. The van der Waals surface area contributed by atoms with Gasteiger partial charge in [-0.2, -0.15) is 0 Å². The van der Waals surface area contributed by atoms with Crippen LogP contribution in [0.15, 0.2) is 0 Å². The van der Waals surface area contributed by atoms with E-state index < -0.39 is 0 Å². The SMILES string of the molecule is CCC(C)(CO)CCCCB1OC(C)(C)C(C)(C)O1. The molecule has 0 aromatic rings. The molecule has 0 aliphatic carbocycles. The first kappa shape index (κ1) is 17.0. The van der Waals surface area contributed by atoms with Crippen molar-refractivity contribution in [1.82, 2.24) is 0 Å². The summed E-state index contributed by atoms with van der Waals surface area (Å²) in [5.74, 6) is 0. The van der Waals surface area contributed by atoms with Gasteiger partial charge in [-0.3, -0.25) is 0 Å². The molecule has 4 heteroatoms. The Morgan fingerprint density at radius 3 is 2.00 bits per heavy atom. The number of hydrogen-bond acceptors (Lipinski definition) is 3. The zero-order chi connectivity index (χ0) is 14.7. The average Bonchev–Trinajstić information content (AvgIpc) is 2.53. The predicted molar refractivity (Wildman–Crippen MR) is 80.2 cm³/mol. The van der Waals surface area contributed by atoms with Crippen molar-refractivity contribution in [3.63, 3.8) is 0 Å². The van der Waals surface area contributed by atoms with Gasteiger partial charge in [0.15, 0.2) is 0 Å². The monoisotopic (exact) mass is 270 g/mol. The van der Waals surface area contributed by atoms with E-state index in [2.05, 4.69) is 41.5 Å². The summed E-state index contributed by atoms with van der Waals surface area (Å²) in [6.07, 6.45) is 5.25. The molecule has 1 aliphatic heterocycles. The molecule has 0 aromatic heterocycles. The zero-order valence-corrected chi connectivity index (χ0v) is 13.6. The molecule has 0 bridgehead atoms. The molecule has 1 rings (SSSR count). The topological polar surface area (TPSA) is 38.7 Å². The fourth-order valence-corrected chi connectivity index (χ4v) is 2.31. The van der Waals surface area contributed by atoms with Gasteiger partial charge in [0.1, 0.15) is 0 Å². The second kappa shape index (κ2) is 6.15. The first-order valence-electron chi connectivity index (χ1n) is 7.62. The summed E-state index contributed by atoms with van der Waals surface area (Å²) in [4.78, 5) is 0. The minimum atomic E-state index is -0.222. The van der Waals surface area contributed by atoms with Gasteiger partial charge in [-0.25, -0.2) is 0 Å². The van der Waals surface area contributed by atoms with Crippen LogP contribution in [0.1, 0.15) is 67.2 Å². The molecule has 112 valence electrons. The summed E-state index contributed by atoms with van der Waals surface area (Å²) in [7, 11) is -0.0768. The van der Waals surface area contributed by atoms with Crippen molar-refractivity contribution in [3.8, 4) is 0 Å². The van der Waals surface area contributed by atoms with E-state index in [-0.39, 0.29) is 30.3 Å². The molecule has 1 aliphatic rings. The van der Waals surface area contributed by atoms with E-state index in [0.29, 0.717) is 0 Å². The van der Waals surface area contributed by atoms with Gasteiger partial charge >= 0.3 is 7.12 Å². The van der Waals surface area contributed by atoms with Gasteiger partial charge < -0.3 is 14.4 Å². The molecule has 1 atom stereocenters. The van der Waals surface area contributed by atoms with Gasteiger partial charge in [0.05, 0.1) is 11.2 Å². The lowest BCUT2D eigenvalue weighted by molar-refractivity contribution is 0.00578. The van der Waals surface area contributed by atoms with E-state index in [1.807, 2.05) is 0 Å². The van der Waals surface area contributed by atoms with E-state index in [9.17, 15) is 5.11 Å². The van der Waals surface area contributed by atoms with Crippen LogP contribution in [-0.4, -0.2) is 30.0 Å². The Kier molecular flexibility index (Phi) is 5.50. The standard InChI is InChI=1S/C15H31BO3/c1-7-15(6,12-17)10-8-9-11-16-18-13(2,3)14(4,5)19-16/h17H,7-12H2,1-6H3. The van der Waals surface area contributed by atoms with Crippen LogP contribution in [0.2, 0.25) is 6.32 Å². The van der Waals surface area contributed by atoms with Crippen molar-refractivity contribution in [1.29, 1.82) is 0 Å². The normalized spacial score (nSPS) is 24.5. The average molecular weight is 270 g/mol. The van der Waals surface area contributed by atoms with E-state index in [0.717, 1.165) is 32.0 Å². The van der Waals surface area contributed by atoms with Crippen LogP contribution in [0.3, 0.4) is 0 Å². The Balaban J connectivity index is 2.29. The van der Waals surface area contributed by atoms with Crippen LogP contribution >= 0.6 is 0 Å². The maximum Gasteiger partial charge on any atom is 0.457 e. The smallest absolute Gasteiger partial charge is 0.403 e. The van der Waals surface area contributed by atoms with E-state index in [1.54, 1.807) is 0 Å². The highest BCUT2D eigenvalue weighted by molar-refractivity contribution is 6.45. The summed E-state index contributed by atoms with van der Waals surface area (Å²) >= 11 is 0. The lowest BCUT2D eigenvalue weighted by Crippen LogP contribution is -2.41. The highest BCUT2D eigenvalue weighted by Gasteiger charge is 2.50. The Labute approximate surface area is 119 Å². The zero-order valence-electron chi connectivity index (χ0n) is 13.6. The number of rotatable bonds is 7. The van der Waals surface area contributed by atoms with Gasteiger partial charge in [0.25, 0.3) is 0 Å². The third kappa shape index (κ3) is 4.20. The van der Waals surface area contributed by atoms with Crippen molar-refractivity contribution in [3.05, 3.63) is 0 Å². The first-order chi connectivity index (χ1) is 8.66. The molecule has 3 nitrogen and oxygen atoms in total. The number of aliphatic hydroxyl groups excluding tert-OH is 1. The van der Waals surface area contributed by atoms with Gasteiger partial charge in [-0.1, -0.05) is 26.7 Å². The molecule has 19 heavy (non-hydrogen) atoms. The molecular formula is C15H31BO3. The Morgan fingerprint density at radius 1 is 1.05 bits per heavy atom. The fourth-order valence-electron chi connectivity index (χ4n) is 2.31. The van der Waals surface area contributed by atoms with Crippen LogP contribution in [0.4, 0.5) is 0 Å². The molecule has 0 spiro atoms. The van der Waals surface area contributed by atoms with Crippen LogP contribution in [-0.2, 0) is 9.31 Å². The molecule has 1 fully saturated rings. The molecule has 1 N–H and O–H groups in total. The quantitative estimate of drug-likeness (QED) is 0.566. The van der Waals surface area contributed by atoms with Crippen molar-refractivity contribution in [2.24, 2.45) is 5.41 Å². The Morgan fingerprint density at radius 2 is 1.58 bits per heavy atom. The summed E-state index contributed by atoms with van der Waals surface area (Å²) in [5, 5.41) is 9.38. The third-order valence-electron chi connectivity index (χ3n) is 5.01. The van der Waals surface area contributed by atoms with Crippen molar-refractivity contribution >= 4 is 7.12 Å². The molecule has 1 saturated heterocycles. The van der Waals surface area contributed by atoms with Crippen molar-refractivity contribution in [2.75, 3.05) is 6.61 Å². The summed E-state index contributed by atoms with van der Waals surface area (Å²) in [5.41, 5.74) is -0.364. The molecule has 1 unspecified atom stereocenters. The van der Waals surface area contributed by atoms with Crippen LogP contribution in [0.5, 0.6) is 0 Å². The number of unbranched alkanes of at least 4 members (excludes halogenated alkanes) is 1. The Hall–Kier alpha value is -0.0551. The second-order valence-corrected chi connectivity index (χ2v) is 7.25. The van der Waals surface area contributed by atoms with Gasteiger partial charge in [0.2, 0.25) is 0 Å². The number of hydrogen-bond donors (Lipinski definition) is 1. The fraction of sp³-hybridized carbons (Fsp3) is 1.00. The molecule has 0 amide bonds. The molecule has 1 heterocycles. The minimum Gasteiger partial charge on any atom is -0.403 e. The molecule has 0 aromatic carbocycles. The largest absolute Gasteiger partial charge is 0.457 e. The van der Waals surface area contributed by atoms with Crippen LogP contribution in [0, 0.1) is 5.41 Å². The highest BCUT2D eigenvalue weighted by Crippen LogP contribution is 2.38. The Bertz CT molecular complexity index is 269. The molecule has 0 saturated carbocycles. The van der Waals surface area contributed by atoms with Crippen LogP contribution < -0.4 is 0 Å². The summed E-state index contributed by atoms with van der Waals surface area (Å²) in [6, 6.07) is 0. The summed E-state index contributed by atoms with van der Waals surface area (Å²) < 4.78 is 12.0. The van der Waals surface area contributed by atoms with E-state index >= 15 is 0 Å². The van der Waals surface area contributed by atoms with E-state index in [1.165, 1.54) is 0 Å². The van der Waals surface area contributed by atoms with Crippen molar-refractivity contribution in [2.45, 2.75) is 84.7 Å². The number of aliphatic hydroxyl groups is 1. The van der Waals surface area contributed by atoms with Gasteiger partial charge in [-0.05, 0) is 52.3 Å². The first-order valence-corrected chi connectivity index (χ1v) is 7.62. The molecular weight excluding hydrogens is 239 g/mol.